The first-order valence-electron chi connectivity index (χ1n) is 8.96. The molecule has 5 rings (SSSR count). The third kappa shape index (κ3) is 2.31. The van der Waals surface area contributed by atoms with Crippen molar-refractivity contribution in [1.29, 1.82) is 0 Å². The second kappa shape index (κ2) is 5.56. The molecule has 3 aromatic rings. The summed E-state index contributed by atoms with van der Waals surface area (Å²) in [7, 11) is 1.89. The molecule has 1 unspecified atom stereocenters. The number of rotatable bonds is 4. The maximum absolute atomic E-state index is 13.0. The van der Waals surface area contributed by atoms with Crippen molar-refractivity contribution in [1.82, 2.24) is 14.7 Å². The predicted molar refractivity (Wildman–Crippen MR) is 103 cm³/mol. The summed E-state index contributed by atoms with van der Waals surface area (Å²) < 4.78 is 7.07. The summed E-state index contributed by atoms with van der Waals surface area (Å²) in [5, 5.41) is 5.33. The topological polar surface area (TPSA) is 120 Å². The average molecular weight is 377 g/mol. The Hall–Kier alpha value is -3.39. The van der Waals surface area contributed by atoms with Crippen LogP contribution in [0.2, 0.25) is 0 Å². The number of amides is 2. The standard InChI is InChI=1S/C20H19N5O3/c1-24-16-6-11(2-3-12(16)7-23-24)13-4-5-15(21)17-14(13)8-25(18(17)26)9-20(10-28-20)19(22)27/h2-7H,8-10,21H2,1H3,(H2,22,27). The summed E-state index contributed by atoms with van der Waals surface area (Å²) in [5.74, 6) is -0.752. The highest BCUT2D eigenvalue weighted by molar-refractivity contribution is 6.06. The molecule has 4 N–H and O–H groups in total. The third-order valence-corrected chi connectivity index (χ3v) is 5.64. The zero-order valence-electron chi connectivity index (χ0n) is 15.3. The number of hydrogen-bond acceptors (Lipinski definition) is 5. The van der Waals surface area contributed by atoms with Crippen LogP contribution >= 0.6 is 0 Å². The highest BCUT2D eigenvalue weighted by Gasteiger charge is 2.53. The van der Waals surface area contributed by atoms with Gasteiger partial charge >= 0.3 is 0 Å². The number of ether oxygens (including phenoxy) is 1. The first kappa shape index (κ1) is 16.8. The van der Waals surface area contributed by atoms with E-state index in [1.165, 1.54) is 0 Å². The maximum Gasteiger partial charge on any atom is 0.256 e. The average Bonchev–Trinajstić information content (AvgIpc) is 3.27. The van der Waals surface area contributed by atoms with Gasteiger partial charge in [0.15, 0.2) is 5.60 Å². The van der Waals surface area contributed by atoms with Gasteiger partial charge in [0, 0.05) is 24.7 Å². The number of hydrogen-bond donors (Lipinski definition) is 2. The largest absolute Gasteiger partial charge is 0.398 e. The molecule has 1 atom stereocenters. The Morgan fingerprint density at radius 1 is 1.32 bits per heavy atom. The fourth-order valence-electron chi connectivity index (χ4n) is 3.92. The quantitative estimate of drug-likeness (QED) is 0.520. The van der Waals surface area contributed by atoms with E-state index in [0.29, 0.717) is 17.8 Å². The highest BCUT2D eigenvalue weighted by Crippen LogP contribution is 2.39. The Bertz CT molecular complexity index is 1160. The van der Waals surface area contributed by atoms with Gasteiger partial charge in [0.1, 0.15) is 0 Å². The SMILES string of the molecule is Cn1ncc2ccc(-c3ccc(N)c4c3CN(CC3(C(N)=O)CO3)C4=O)cc21. The molecule has 8 heteroatoms. The Kier molecular flexibility index (Phi) is 3.33. The van der Waals surface area contributed by atoms with E-state index >= 15 is 0 Å². The van der Waals surface area contributed by atoms with Gasteiger partial charge in [0.25, 0.3) is 11.8 Å². The number of primary amides is 1. The number of aromatic nitrogens is 2. The molecule has 2 amide bonds. The molecule has 1 fully saturated rings. The minimum absolute atomic E-state index is 0.134. The van der Waals surface area contributed by atoms with Gasteiger partial charge in [-0.25, -0.2) is 0 Å². The van der Waals surface area contributed by atoms with Gasteiger partial charge in [0.05, 0.1) is 30.4 Å². The van der Waals surface area contributed by atoms with Gasteiger partial charge in [-0.15, -0.1) is 0 Å². The molecule has 1 aromatic heterocycles. The molecule has 1 saturated heterocycles. The van der Waals surface area contributed by atoms with Crippen molar-refractivity contribution in [2.45, 2.75) is 12.1 Å². The Morgan fingerprint density at radius 3 is 2.82 bits per heavy atom. The summed E-state index contributed by atoms with van der Waals surface area (Å²) in [6.45, 7) is 0.730. The zero-order chi connectivity index (χ0) is 19.6. The Balaban J connectivity index is 1.57. The molecule has 2 aliphatic heterocycles. The molecule has 3 heterocycles. The van der Waals surface area contributed by atoms with Crippen molar-refractivity contribution >= 4 is 28.4 Å². The molecule has 0 saturated carbocycles. The summed E-state index contributed by atoms with van der Waals surface area (Å²) in [4.78, 5) is 26.2. The molecule has 0 aliphatic carbocycles. The van der Waals surface area contributed by atoms with E-state index in [4.69, 9.17) is 16.2 Å². The molecule has 28 heavy (non-hydrogen) atoms. The monoisotopic (exact) mass is 377 g/mol. The van der Waals surface area contributed by atoms with Crippen LogP contribution in [-0.4, -0.2) is 45.2 Å². The minimum atomic E-state index is -1.07. The van der Waals surface area contributed by atoms with Crippen LogP contribution in [0.4, 0.5) is 5.69 Å². The van der Waals surface area contributed by atoms with Crippen LogP contribution in [0.15, 0.2) is 36.5 Å². The minimum Gasteiger partial charge on any atom is -0.398 e. The summed E-state index contributed by atoms with van der Waals surface area (Å²) in [6, 6.07) is 9.75. The number of nitrogens with zero attached hydrogens (tertiary/aromatic N) is 3. The summed E-state index contributed by atoms with van der Waals surface area (Å²) >= 11 is 0. The number of nitrogens with two attached hydrogens (primary N) is 2. The van der Waals surface area contributed by atoms with E-state index in [-0.39, 0.29) is 19.1 Å². The van der Waals surface area contributed by atoms with Gasteiger partial charge in [-0.1, -0.05) is 18.2 Å². The van der Waals surface area contributed by atoms with Crippen LogP contribution in [-0.2, 0) is 23.1 Å². The number of nitrogen functional groups attached to an aromatic ring is 1. The molecule has 0 bridgehead atoms. The Morgan fingerprint density at radius 2 is 2.11 bits per heavy atom. The number of anilines is 1. The highest BCUT2D eigenvalue weighted by atomic mass is 16.6. The van der Waals surface area contributed by atoms with E-state index in [2.05, 4.69) is 11.2 Å². The number of benzene rings is 2. The van der Waals surface area contributed by atoms with Crippen LogP contribution in [0.5, 0.6) is 0 Å². The van der Waals surface area contributed by atoms with Gasteiger partial charge in [-0.3, -0.25) is 14.3 Å². The van der Waals surface area contributed by atoms with Gasteiger partial charge < -0.3 is 21.1 Å². The number of aryl methyl sites for hydroxylation is 1. The van der Waals surface area contributed by atoms with Crippen LogP contribution in [0.3, 0.4) is 0 Å². The Labute approximate surface area is 160 Å². The first-order valence-corrected chi connectivity index (χ1v) is 8.96. The van der Waals surface area contributed by atoms with Crippen molar-refractivity contribution in [2.24, 2.45) is 12.8 Å². The van der Waals surface area contributed by atoms with Gasteiger partial charge in [-0.2, -0.15) is 5.10 Å². The number of carbonyl (C=O) groups excluding carboxylic acids is 2. The lowest BCUT2D eigenvalue weighted by atomic mass is 9.95. The third-order valence-electron chi connectivity index (χ3n) is 5.64. The predicted octanol–water partition coefficient (Wildman–Crippen LogP) is 1.03. The summed E-state index contributed by atoms with van der Waals surface area (Å²) in [6.07, 6.45) is 1.82. The normalized spacial score (nSPS) is 20.6. The van der Waals surface area contributed by atoms with Crippen molar-refractivity contribution in [3.8, 4) is 11.1 Å². The van der Waals surface area contributed by atoms with Crippen molar-refractivity contribution < 1.29 is 14.3 Å². The molecule has 2 aliphatic rings. The zero-order valence-corrected chi connectivity index (χ0v) is 15.3. The molecule has 8 nitrogen and oxygen atoms in total. The molecule has 142 valence electrons. The summed E-state index contributed by atoms with van der Waals surface area (Å²) in [5.41, 5.74) is 15.2. The molecular weight excluding hydrogens is 358 g/mol. The number of carbonyl (C=O) groups is 2. The van der Waals surface area contributed by atoms with Crippen LogP contribution in [0.1, 0.15) is 15.9 Å². The lowest BCUT2D eigenvalue weighted by Crippen LogP contribution is -2.43. The van der Waals surface area contributed by atoms with Crippen LogP contribution in [0.25, 0.3) is 22.0 Å². The van der Waals surface area contributed by atoms with E-state index in [9.17, 15) is 9.59 Å². The van der Waals surface area contributed by atoms with E-state index < -0.39 is 11.5 Å². The fourth-order valence-corrected chi connectivity index (χ4v) is 3.92. The van der Waals surface area contributed by atoms with Gasteiger partial charge in [-0.05, 0) is 28.8 Å². The smallest absolute Gasteiger partial charge is 0.256 e. The second-order valence-corrected chi connectivity index (χ2v) is 7.41. The maximum atomic E-state index is 13.0. The molecule has 0 spiro atoms. The number of fused-ring (bicyclic) bond motifs is 2. The van der Waals surface area contributed by atoms with E-state index in [1.54, 1.807) is 11.0 Å². The van der Waals surface area contributed by atoms with Gasteiger partial charge in [0.2, 0.25) is 0 Å². The second-order valence-electron chi connectivity index (χ2n) is 7.41. The molecular formula is C20H19N5O3. The van der Waals surface area contributed by atoms with Crippen molar-refractivity contribution in [3.63, 3.8) is 0 Å². The first-order chi connectivity index (χ1) is 13.4. The van der Waals surface area contributed by atoms with Crippen molar-refractivity contribution in [2.75, 3.05) is 18.9 Å². The van der Waals surface area contributed by atoms with E-state index in [0.717, 1.165) is 27.6 Å². The lowest BCUT2D eigenvalue weighted by Gasteiger charge is -2.19. The van der Waals surface area contributed by atoms with E-state index in [1.807, 2.05) is 36.1 Å². The van der Waals surface area contributed by atoms with Crippen molar-refractivity contribution in [3.05, 3.63) is 47.7 Å². The molecule has 2 aromatic carbocycles. The fraction of sp³-hybridized carbons (Fsp3) is 0.250. The lowest BCUT2D eigenvalue weighted by molar-refractivity contribution is -0.123. The van der Waals surface area contributed by atoms with Crippen LogP contribution < -0.4 is 11.5 Å². The van der Waals surface area contributed by atoms with Crippen LogP contribution in [0, 0.1) is 0 Å². The molecule has 0 radical (unpaired) electrons. The number of epoxide rings is 1.